The van der Waals surface area contributed by atoms with Gasteiger partial charge in [0.15, 0.2) is 5.76 Å². The summed E-state index contributed by atoms with van der Waals surface area (Å²) >= 11 is 11.7. The lowest BCUT2D eigenvalue weighted by atomic mass is 10.1. The summed E-state index contributed by atoms with van der Waals surface area (Å²) in [5.74, 6) is -2.05. The van der Waals surface area contributed by atoms with E-state index < -0.39 is 42.4 Å². The molecule has 146 valence electrons. The largest absolute Gasteiger partial charge is 0.491 e. The van der Waals surface area contributed by atoms with Gasteiger partial charge in [0, 0.05) is 12.2 Å². The van der Waals surface area contributed by atoms with E-state index in [0.29, 0.717) is 0 Å². The molecule has 4 N–H and O–H groups in total. The van der Waals surface area contributed by atoms with Crippen molar-refractivity contribution in [3.63, 3.8) is 0 Å². The van der Waals surface area contributed by atoms with Gasteiger partial charge in [0.1, 0.15) is 20.7 Å². The summed E-state index contributed by atoms with van der Waals surface area (Å²) in [5.41, 5.74) is -0.301. The normalized spacial score (nSPS) is 15.3. The van der Waals surface area contributed by atoms with Gasteiger partial charge in [-0.15, -0.1) is 0 Å². The van der Waals surface area contributed by atoms with E-state index in [-0.39, 0.29) is 30.2 Å². The van der Waals surface area contributed by atoms with Crippen LogP contribution in [0.25, 0.3) is 0 Å². The quantitative estimate of drug-likeness (QED) is 0.368. The van der Waals surface area contributed by atoms with E-state index in [4.69, 9.17) is 33.0 Å². The Hall–Kier alpha value is -2.11. The Morgan fingerprint density at radius 2 is 1.81 bits per heavy atom. The van der Waals surface area contributed by atoms with Crippen LogP contribution in [0.3, 0.4) is 0 Å². The molecular formula is C15H14Cl2N2O7S. The second-order valence-corrected chi connectivity index (χ2v) is 7.30. The van der Waals surface area contributed by atoms with E-state index in [1.165, 1.54) is 12.1 Å². The number of anilines is 2. The van der Waals surface area contributed by atoms with Gasteiger partial charge in [-0.25, -0.2) is 0 Å². The minimum Gasteiger partial charge on any atom is -0.491 e. The lowest BCUT2D eigenvalue weighted by molar-refractivity contribution is -0.117. The van der Waals surface area contributed by atoms with Gasteiger partial charge in [-0.1, -0.05) is 23.2 Å². The number of allylic oxidation sites excluding steroid dienone is 2. The third-order valence-corrected chi connectivity index (χ3v) is 5.01. The molecule has 2 rings (SSSR count). The molecule has 0 saturated carbocycles. The number of methoxy groups -OCH3 is 1. The van der Waals surface area contributed by atoms with Gasteiger partial charge >= 0.3 is 0 Å². The molecule has 0 bridgehead atoms. The average molecular weight is 437 g/mol. The zero-order chi connectivity index (χ0) is 20.4. The fourth-order valence-corrected chi connectivity index (χ4v) is 3.38. The first-order chi connectivity index (χ1) is 12.6. The van der Waals surface area contributed by atoms with E-state index in [1.54, 1.807) is 0 Å². The molecule has 0 amide bonds. The first kappa shape index (κ1) is 21.2. The number of aliphatic hydroxyl groups is 1. The Morgan fingerprint density at radius 1 is 1.15 bits per heavy atom. The number of ether oxygens (including phenoxy) is 1. The number of benzene rings is 1. The van der Waals surface area contributed by atoms with Crippen LogP contribution in [0.15, 0.2) is 44.6 Å². The zero-order valence-corrected chi connectivity index (χ0v) is 16.1. The van der Waals surface area contributed by atoms with Crippen molar-refractivity contribution in [2.45, 2.75) is 4.90 Å². The zero-order valence-electron chi connectivity index (χ0n) is 13.7. The number of hydrogen-bond acceptors (Lipinski definition) is 8. The Bertz CT molecular complexity index is 970. The van der Waals surface area contributed by atoms with Crippen LogP contribution >= 0.6 is 23.2 Å². The summed E-state index contributed by atoms with van der Waals surface area (Å²) in [6, 6.07) is 3.68. The number of ketones is 2. The van der Waals surface area contributed by atoms with E-state index >= 15 is 0 Å². The first-order valence-corrected chi connectivity index (χ1v) is 9.47. The molecule has 0 radical (unpaired) electrons. The fraction of sp³-hybridized carbons (Fsp3) is 0.200. The maximum atomic E-state index is 12.3. The fourth-order valence-electron chi connectivity index (χ4n) is 2.21. The molecule has 1 aliphatic carbocycles. The van der Waals surface area contributed by atoms with Gasteiger partial charge in [0.05, 0.1) is 19.4 Å². The van der Waals surface area contributed by atoms with Crippen molar-refractivity contribution in [1.82, 2.24) is 0 Å². The van der Waals surface area contributed by atoms with Crippen LogP contribution in [-0.2, 0) is 24.4 Å². The molecule has 0 spiro atoms. The predicted molar refractivity (Wildman–Crippen MR) is 98.2 cm³/mol. The standard InChI is InChI=1S/C15H14Cl2N2O7S/c1-26-15-11(17)13(21)12(10(16)14(15)22)19-7-2-3-8(18-4-5-20)9(6-7)27(23,24)25/h2-3,6,18-20H,4-5H2,1H3,(H,23,24,25). The van der Waals surface area contributed by atoms with Gasteiger partial charge in [0.25, 0.3) is 10.1 Å². The van der Waals surface area contributed by atoms with Crippen molar-refractivity contribution >= 4 is 56.3 Å². The number of carbonyl (C=O) groups is 2. The molecule has 0 aliphatic heterocycles. The molecule has 1 aromatic rings. The summed E-state index contributed by atoms with van der Waals surface area (Å²) in [6.45, 7) is -0.226. The van der Waals surface area contributed by atoms with Crippen molar-refractivity contribution in [1.29, 1.82) is 0 Å². The molecule has 0 saturated heterocycles. The summed E-state index contributed by atoms with van der Waals surface area (Å²) in [4.78, 5) is 23.9. The highest BCUT2D eigenvalue weighted by Crippen LogP contribution is 2.32. The lowest BCUT2D eigenvalue weighted by Gasteiger charge is -2.19. The van der Waals surface area contributed by atoms with Crippen LogP contribution < -0.4 is 10.6 Å². The monoisotopic (exact) mass is 436 g/mol. The molecule has 9 nitrogen and oxygen atoms in total. The summed E-state index contributed by atoms with van der Waals surface area (Å²) in [7, 11) is -3.47. The Labute approximate surface area is 164 Å². The third kappa shape index (κ3) is 4.42. The first-order valence-electron chi connectivity index (χ1n) is 7.28. The van der Waals surface area contributed by atoms with Gasteiger partial charge < -0.3 is 20.5 Å². The number of Topliss-reactive ketones (excluding diaryl/α,β-unsaturated/α-hetero) is 2. The van der Waals surface area contributed by atoms with Crippen molar-refractivity contribution in [3.05, 3.63) is 39.7 Å². The summed E-state index contributed by atoms with van der Waals surface area (Å²) in [5, 5.41) is 13.0. The maximum absolute atomic E-state index is 12.3. The maximum Gasteiger partial charge on any atom is 0.296 e. The number of halogens is 2. The predicted octanol–water partition coefficient (Wildman–Crippen LogP) is 1.45. The number of aliphatic hydroxyl groups excluding tert-OH is 1. The average Bonchev–Trinajstić information content (AvgIpc) is 2.62. The van der Waals surface area contributed by atoms with Gasteiger partial charge in [-0.3, -0.25) is 14.1 Å². The lowest BCUT2D eigenvalue weighted by Crippen LogP contribution is -2.25. The molecule has 27 heavy (non-hydrogen) atoms. The minimum absolute atomic E-state index is 0.0304. The summed E-state index contributed by atoms with van der Waals surface area (Å²) < 4.78 is 37.3. The second kappa shape index (κ2) is 8.28. The number of nitrogens with one attached hydrogen (secondary N) is 2. The van der Waals surface area contributed by atoms with E-state index in [9.17, 15) is 22.6 Å². The molecule has 1 aromatic carbocycles. The molecule has 0 atom stereocenters. The minimum atomic E-state index is -4.63. The molecule has 0 aromatic heterocycles. The Kier molecular flexibility index (Phi) is 6.50. The van der Waals surface area contributed by atoms with E-state index in [1.807, 2.05) is 0 Å². The SMILES string of the molecule is COC1=C(Cl)C(=O)C(Nc2ccc(NCCO)c(S(=O)(=O)O)c2)=C(Cl)C1=O. The van der Waals surface area contributed by atoms with E-state index in [0.717, 1.165) is 13.2 Å². The highest BCUT2D eigenvalue weighted by atomic mass is 35.5. The highest BCUT2D eigenvalue weighted by molar-refractivity contribution is 7.86. The van der Waals surface area contributed by atoms with Gasteiger partial charge in [-0.2, -0.15) is 8.42 Å². The van der Waals surface area contributed by atoms with Crippen molar-refractivity contribution in [2.75, 3.05) is 30.9 Å². The number of carbonyl (C=O) groups excluding carboxylic acids is 2. The van der Waals surface area contributed by atoms with Crippen LogP contribution in [0.2, 0.25) is 0 Å². The molecular weight excluding hydrogens is 423 g/mol. The van der Waals surface area contributed by atoms with Gasteiger partial charge in [-0.05, 0) is 18.2 Å². The molecule has 1 aliphatic rings. The Morgan fingerprint density at radius 3 is 2.37 bits per heavy atom. The van der Waals surface area contributed by atoms with Crippen LogP contribution in [0.1, 0.15) is 0 Å². The van der Waals surface area contributed by atoms with Gasteiger partial charge in [0.2, 0.25) is 11.6 Å². The number of rotatable bonds is 7. The van der Waals surface area contributed by atoms with Crippen molar-refractivity contribution in [2.24, 2.45) is 0 Å². The van der Waals surface area contributed by atoms with Crippen LogP contribution in [0, 0.1) is 0 Å². The van der Waals surface area contributed by atoms with Crippen LogP contribution in [0.4, 0.5) is 11.4 Å². The molecule has 0 fully saturated rings. The van der Waals surface area contributed by atoms with Crippen LogP contribution in [0.5, 0.6) is 0 Å². The smallest absolute Gasteiger partial charge is 0.296 e. The van der Waals surface area contributed by atoms with E-state index in [2.05, 4.69) is 10.6 Å². The molecule has 0 heterocycles. The molecule has 12 heteroatoms. The van der Waals surface area contributed by atoms with Crippen LogP contribution in [-0.4, -0.2) is 49.9 Å². The Balaban J connectivity index is 2.45. The third-order valence-electron chi connectivity index (χ3n) is 3.41. The van der Waals surface area contributed by atoms with Crippen molar-refractivity contribution < 1.29 is 32.4 Å². The topological polar surface area (TPSA) is 142 Å². The highest BCUT2D eigenvalue weighted by Gasteiger charge is 2.34. The second-order valence-electron chi connectivity index (χ2n) is 5.16. The van der Waals surface area contributed by atoms with Crippen molar-refractivity contribution in [3.8, 4) is 0 Å². The molecule has 0 unspecified atom stereocenters. The summed E-state index contributed by atoms with van der Waals surface area (Å²) in [6.07, 6.45) is 0. The number of hydrogen-bond donors (Lipinski definition) is 4.